The van der Waals surface area contributed by atoms with Crippen molar-refractivity contribution < 1.29 is 29.3 Å². The van der Waals surface area contributed by atoms with Crippen molar-refractivity contribution >= 4 is 34.4 Å². The summed E-state index contributed by atoms with van der Waals surface area (Å²) in [6.07, 6.45) is 3.19. The molecule has 3 N–H and O–H groups in total. The van der Waals surface area contributed by atoms with Gasteiger partial charge in [-0.3, -0.25) is 9.59 Å². The van der Waals surface area contributed by atoms with E-state index < -0.39 is 24.4 Å². The minimum Gasteiger partial charge on any atom is -0.482 e. The van der Waals surface area contributed by atoms with E-state index in [4.69, 9.17) is 14.6 Å². The highest BCUT2D eigenvalue weighted by Crippen LogP contribution is 2.35. The van der Waals surface area contributed by atoms with E-state index >= 15 is 0 Å². The van der Waals surface area contributed by atoms with Gasteiger partial charge in [0.1, 0.15) is 24.1 Å². The minimum absolute atomic E-state index is 0.117. The Morgan fingerprint density at radius 3 is 2.70 bits per heavy atom. The monoisotopic (exact) mass is 570 g/mol. The highest BCUT2D eigenvalue weighted by atomic mass is 127. The fraction of sp³-hybridized carbons (Fsp3) is 0.583. The normalized spacial score (nSPS) is 27.1. The molecule has 180 valence electrons. The van der Waals surface area contributed by atoms with Crippen molar-refractivity contribution in [1.29, 1.82) is 0 Å². The van der Waals surface area contributed by atoms with Crippen LogP contribution in [-0.2, 0) is 14.3 Å². The molecule has 2 fully saturated rings. The van der Waals surface area contributed by atoms with Gasteiger partial charge >= 0.3 is 0 Å². The molecule has 9 heteroatoms. The van der Waals surface area contributed by atoms with E-state index in [1.165, 1.54) is 0 Å². The van der Waals surface area contributed by atoms with Crippen LogP contribution in [0.4, 0.5) is 0 Å². The third-order valence-corrected chi connectivity index (χ3v) is 7.25. The number of nitrogens with one attached hydrogen (secondary N) is 1. The van der Waals surface area contributed by atoms with Crippen molar-refractivity contribution in [3.8, 4) is 5.75 Å². The second kappa shape index (κ2) is 11.2. The van der Waals surface area contributed by atoms with Gasteiger partial charge < -0.3 is 29.9 Å². The number of halogens is 1. The summed E-state index contributed by atoms with van der Waals surface area (Å²) in [4.78, 5) is 27.9. The number of carbonyl (C=O) groups is 2. The molecule has 2 aliphatic carbocycles. The average molecular weight is 570 g/mol. The Kier molecular flexibility index (Phi) is 8.26. The first-order valence-electron chi connectivity index (χ1n) is 11.6. The number of hydrogen-bond donors (Lipinski definition) is 3. The molecule has 1 unspecified atom stereocenters. The molecule has 33 heavy (non-hydrogen) atoms. The summed E-state index contributed by atoms with van der Waals surface area (Å²) < 4.78 is 12.7. The number of nitrogens with zero attached hydrogens (tertiary/aromatic N) is 1. The molecule has 0 radical (unpaired) electrons. The molecule has 0 aromatic heterocycles. The Morgan fingerprint density at radius 1 is 1.24 bits per heavy atom. The summed E-state index contributed by atoms with van der Waals surface area (Å²) in [5.41, 5.74) is 0.440. The lowest BCUT2D eigenvalue weighted by atomic mass is 9.87. The third-order valence-electron chi connectivity index (χ3n) is 6.35. The van der Waals surface area contributed by atoms with E-state index in [2.05, 4.69) is 27.9 Å². The van der Waals surface area contributed by atoms with Gasteiger partial charge in [-0.15, -0.1) is 0 Å². The number of hydrogen-bond acceptors (Lipinski definition) is 6. The summed E-state index contributed by atoms with van der Waals surface area (Å²) in [5, 5.41) is 23.2. The lowest BCUT2D eigenvalue weighted by Gasteiger charge is -2.41. The second-order valence-corrected chi connectivity index (χ2v) is 10.0. The smallest absolute Gasteiger partial charge is 0.252 e. The Labute approximate surface area is 207 Å². The van der Waals surface area contributed by atoms with E-state index in [0.717, 1.165) is 22.8 Å². The molecule has 8 nitrogen and oxygen atoms in total. The molecule has 3 aliphatic rings. The first-order chi connectivity index (χ1) is 16.0. The van der Waals surface area contributed by atoms with Crippen molar-refractivity contribution in [2.45, 2.75) is 56.5 Å². The predicted octanol–water partition coefficient (Wildman–Crippen LogP) is 1.62. The van der Waals surface area contributed by atoms with Crippen LogP contribution in [0.1, 0.15) is 32.1 Å². The Balaban J connectivity index is 1.62. The molecule has 1 saturated heterocycles. The van der Waals surface area contributed by atoms with Crippen LogP contribution in [0.15, 0.2) is 35.9 Å². The quantitative estimate of drug-likeness (QED) is 0.390. The van der Waals surface area contributed by atoms with Gasteiger partial charge in [0.2, 0.25) is 5.91 Å². The van der Waals surface area contributed by atoms with Crippen LogP contribution in [-0.4, -0.2) is 77.6 Å². The molecule has 0 bridgehead atoms. The number of rotatable bonds is 9. The maximum Gasteiger partial charge on any atom is 0.252 e. The van der Waals surface area contributed by atoms with Crippen molar-refractivity contribution in [2.75, 3.05) is 26.3 Å². The maximum absolute atomic E-state index is 13.4. The van der Waals surface area contributed by atoms with Crippen LogP contribution in [0, 0.1) is 9.49 Å². The molecule has 1 heterocycles. The predicted molar refractivity (Wildman–Crippen MR) is 130 cm³/mol. The molecular formula is C24H31IN2O6. The van der Waals surface area contributed by atoms with Crippen LogP contribution in [0.3, 0.4) is 0 Å². The Hall–Kier alpha value is -1.69. The van der Waals surface area contributed by atoms with Crippen LogP contribution < -0.4 is 10.1 Å². The standard InChI is InChI=1S/C24H31IN2O6/c25-17-4-1-2-5-19(17)33-21-13-16(23(30)26-9-10-28)12-18(22(21)29)27(14-15-7-8-15)24(31)20-6-3-11-32-20/h1-2,4-5,13,15,18,20-22,28-29H,3,6-12,14H2,(H,26,30)/t18-,20?,21+,22+/m1/s1. The minimum atomic E-state index is -1.00. The Bertz CT molecular complexity index is 883. The van der Waals surface area contributed by atoms with Gasteiger partial charge in [0, 0.05) is 31.7 Å². The lowest BCUT2D eigenvalue weighted by Crippen LogP contribution is -2.57. The zero-order valence-electron chi connectivity index (χ0n) is 18.5. The number of amides is 2. The molecule has 0 spiro atoms. The molecular weight excluding hydrogens is 539 g/mol. The van der Waals surface area contributed by atoms with E-state index in [-0.39, 0.29) is 31.4 Å². The van der Waals surface area contributed by atoms with E-state index in [1.807, 2.05) is 24.3 Å². The summed E-state index contributed by atoms with van der Waals surface area (Å²) in [6.45, 7) is 1.07. The lowest BCUT2D eigenvalue weighted by molar-refractivity contribution is -0.148. The number of benzene rings is 1. The van der Waals surface area contributed by atoms with E-state index in [9.17, 15) is 14.7 Å². The molecule has 2 amide bonds. The highest BCUT2D eigenvalue weighted by molar-refractivity contribution is 14.1. The van der Waals surface area contributed by atoms with Crippen molar-refractivity contribution in [3.05, 3.63) is 39.5 Å². The third kappa shape index (κ3) is 6.06. The highest BCUT2D eigenvalue weighted by Gasteiger charge is 2.44. The first kappa shape index (κ1) is 24.4. The SMILES string of the molecule is O=C(NCCO)C1=C[C@H](Oc2ccccc2I)[C@@H](O)[C@H](N(CC2CC2)C(=O)C2CCCO2)C1. The van der Waals surface area contributed by atoms with Crippen LogP contribution in [0.25, 0.3) is 0 Å². The van der Waals surface area contributed by atoms with Crippen molar-refractivity contribution in [1.82, 2.24) is 10.2 Å². The van der Waals surface area contributed by atoms with Gasteiger partial charge in [-0.1, -0.05) is 12.1 Å². The number of ether oxygens (including phenoxy) is 2. The van der Waals surface area contributed by atoms with E-state index in [0.29, 0.717) is 36.8 Å². The largest absolute Gasteiger partial charge is 0.482 e. The summed E-state index contributed by atoms with van der Waals surface area (Å²) in [7, 11) is 0. The number of aliphatic hydroxyl groups is 2. The van der Waals surface area contributed by atoms with Gasteiger partial charge in [-0.2, -0.15) is 0 Å². The average Bonchev–Trinajstić information content (AvgIpc) is 3.47. The van der Waals surface area contributed by atoms with Crippen molar-refractivity contribution in [2.24, 2.45) is 5.92 Å². The first-order valence-corrected chi connectivity index (χ1v) is 12.7. The van der Waals surface area contributed by atoms with E-state index in [1.54, 1.807) is 11.0 Å². The summed E-state index contributed by atoms with van der Waals surface area (Å²) in [6, 6.07) is 6.87. The van der Waals surface area contributed by atoms with Crippen LogP contribution in [0.2, 0.25) is 0 Å². The second-order valence-electron chi connectivity index (χ2n) is 8.88. The fourth-order valence-corrected chi connectivity index (χ4v) is 4.91. The molecule has 1 aliphatic heterocycles. The zero-order valence-corrected chi connectivity index (χ0v) is 20.6. The topological polar surface area (TPSA) is 108 Å². The number of para-hydroxylation sites is 1. The molecule has 1 aromatic carbocycles. The van der Waals surface area contributed by atoms with Gasteiger partial charge in [0.15, 0.2) is 0 Å². The van der Waals surface area contributed by atoms with Crippen LogP contribution >= 0.6 is 22.6 Å². The van der Waals surface area contributed by atoms with Gasteiger partial charge in [0.25, 0.3) is 5.91 Å². The molecule has 4 atom stereocenters. The summed E-state index contributed by atoms with van der Waals surface area (Å²) >= 11 is 2.16. The molecule has 1 saturated carbocycles. The zero-order chi connectivity index (χ0) is 23.4. The van der Waals surface area contributed by atoms with Crippen LogP contribution in [0.5, 0.6) is 5.75 Å². The van der Waals surface area contributed by atoms with Gasteiger partial charge in [-0.25, -0.2) is 0 Å². The number of aliphatic hydroxyl groups excluding tert-OH is 2. The molecule has 1 aromatic rings. The summed E-state index contributed by atoms with van der Waals surface area (Å²) in [5.74, 6) is 0.574. The molecule has 4 rings (SSSR count). The Morgan fingerprint density at radius 2 is 2.03 bits per heavy atom. The fourth-order valence-electron chi connectivity index (χ4n) is 4.39. The van der Waals surface area contributed by atoms with Crippen molar-refractivity contribution in [3.63, 3.8) is 0 Å². The maximum atomic E-state index is 13.4. The van der Waals surface area contributed by atoms with Gasteiger partial charge in [-0.05, 0) is 72.4 Å². The van der Waals surface area contributed by atoms with Gasteiger partial charge in [0.05, 0.1) is 16.2 Å². The number of carbonyl (C=O) groups excluding carboxylic acids is 2.